The van der Waals surface area contributed by atoms with Crippen molar-refractivity contribution in [3.8, 4) is 5.88 Å². The van der Waals surface area contributed by atoms with Gasteiger partial charge in [0.05, 0.1) is 6.61 Å². The van der Waals surface area contributed by atoms with Gasteiger partial charge in [0.1, 0.15) is 5.82 Å². The van der Waals surface area contributed by atoms with Gasteiger partial charge in [-0.1, -0.05) is 25.1 Å². The fourth-order valence-corrected chi connectivity index (χ4v) is 1.53. The Labute approximate surface area is 111 Å². The lowest BCUT2D eigenvalue weighted by Gasteiger charge is -2.07. The number of rotatable bonds is 6. The van der Waals surface area contributed by atoms with Gasteiger partial charge in [-0.05, 0) is 12.5 Å². The molecule has 2 aromatic rings. The first kappa shape index (κ1) is 13.3. The summed E-state index contributed by atoms with van der Waals surface area (Å²) in [6.45, 7) is 2.98. The molecule has 1 aromatic heterocycles. The molecule has 19 heavy (non-hydrogen) atoms. The zero-order valence-electron chi connectivity index (χ0n) is 10.8. The van der Waals surface area contributed by atoms with Crippen molar-refractivity contribution in [2.45, 2.75) is 19.9 Å². The van der Waals surface area contributed by atoms with Crippen LogP contribution < -0.4 is 10.1 Å². The van der Waals surface area contributed by atoms with Crippen LogP contribution in [0.3, 0.4) is 0 Å². The van der Waals surface area contributed by atoms with Crippen molar-refractivity contribution in [1.29, 1.82) is 0 Å². The maximum absolute atomic E-state index is 13.4. The normalized spacial score (nSPS) is 10.2. The van der Waals surface area contributed by atoms with E-state index in [2.05, 4.69) is 15.3 Å². The van der Waals surface area contributed by atoms with Crippen molar-refractivity contribution in [2.75, 3.05) is 11.9 Å². The first-order chi connectivity index (χ1) is 9.29. The summed E-state index contributed by atoms with van der Waals surface area (Å²) < 4.78 is 18.8. The van der Waals surface area contributed by atoms with Gasteiger partial charge in [0, 0.05) is 24.4 Å². The minimum Gasteiger partial charge on any atom is -0.478 e. The van der Waals surface area contributed by atoms with Crippen LogP contribution >= 0.6 is 0 Å². The van der Waals surface area contributed by atoms with Gasteiger partial charge in [-0.2, -0.15) is 4.98 Å². The van der Waals surface area contributed by atoms with Crippen LogP contribution in [0.25, 0.3) is 0 Å². The summed E-state index contributed by atoms with van der Waals surface area (Å²) in [6.07, 6.45) is 2.53. The van der Waals surface area contributed by atoms with Gasteiger partial charge in [-0.3, -0.25) is 0 Å². The van der Waals surface area contributed by atoms with Crippen molar-refractivity contribution in [1.82, 2.24) is 9.97 Å². The predicted octanol–water partition coefficient (Wildman–Crippen LogP) is 3.02. The second-order valence-electron chi connectivity index (χ2n) is 4.01. The fraction of sp³-hybridized carbons (Fsp3) is 0.286. The van der Waals surface area contributed by atoms with Crippen molar-refractivity contribution in [3.63, 3.8) is 0 Å². The third-order valence-corrected chi connectivity index (χ3v) is 2.48. The van der Waals surface area contributed by atoms with E-state index in [4.69, 9.17) is 4.74 Å². The number of nitrogens with one attached hydrogen (secondary N) is 1. The summed E-state index contributed by atoms with van der Waals surface area (Å²) in [6, 6.07) is 8.30. The number of aromatic nitrogens is 2. The molecule has 0 spiro atoms. The molecule has 1 N–H and O–H groups in total. The van der Waals surface area contributed by atoms with Crippen LogP contribution in [0.4, 0.5) is 10.3 Å². The molecule has 0 atom stereocenters. The average Bonchev–Trinajstić information content (AvgIpc) is 2.45. The fourth-order valence-electron chi connectivity index (χ4n) is 1.53. The summed E-state index contributed by atoms with van der Waals surface area (Å²) in [5, 5.41) is 2.98. The monoisotopic (exact) mass is 261 g/mol. The Morgan fingerprint density at radius 2 is 2.11 bits per heavy atom. The highest BCUT2D eigenvalue weighted by Crippen LogP contribution is 2.11. The molecule has 0 radical (unpaired) electrons. The van der Waals surface area contributed by atoms with Gasteiger partial charge in [0.15, 0.2) is 0 Å². The highest BCUT2D eigenvalue weighted by atomic mass is 19.1. The second kappa shape index (κ2) is 6.68. The summed E-state index contributed by atoms with van der Waals surface area (Å²) in [5.41, 5.74) is 0.575. The number of nitrogens with zero attached hydrogens (tertiary/aromatic N) is 2. The first-order valence-electron chi connectivity index (χ1n) is 6.22. The highest BCUT2D eigenvalue weighted by Gasteiger charge is 2.03. The minimum absolute atomic E-state index is 0.242. The molecular weight excluding hydrogens is 245 g/mol. The predicted molar refractivity (Wildman–Crippen MR) is 71.5 cm³/mol. The van der Waals surface area contributed by atoms with Crippen LogP contribution in [-0.2, 0) is 6.54 Å². The van der Waals surface area contributed by atoms with Crippen molar-refractivity contribution < 1.29 is 9.13 Å². The van der Waals surface area contributed by atoms with Crippen LogP contribution in [0, 0.1) is 5.82 Å². The van der Waals surface area contributed by atoms with Crippen molar-refractivity contribution in [3.05, 3.63) is 47.9 Å². The summed E-state index contributed by atoms with van der Waals surface area (Å²) >= 11 is 0. The molecule has 2 rings (SSSR count). The molecule has 0 unspecified atom stereocenters. The van der Waals surface area contributed by atoms with Crippen molar-refractivity contribution in [2.24, 2.45) is 0 Å². The van der Waals surface area contributed by atoms with Crippen LogP contribution in [0.5, 0.6) is 5.88 Å². The molecule has 0 fully saturated rings. The van der Waals surface area contributed by atoms with E-state index in [-0.39, 0.29) is 5.82 Å². The Balaban J connectivity index is 1.98. The number of ether oxygens (including phenoxy) is 1. The van der Waals surface area contributed by atoms with Gasteiger partial charge in [0.25, 0.3) is 0 Å². The van der Waals surface area contributed by atoms with Crippen molar-refractivity contribution >= 4 is 5.95 Å². The van der Waals surface area contributed by atoms with E-state index in [0.29, 0.717) is 30.5 Å². The Morgan fingerprint density at radius 3 is 2.89 bits per heavy atom. The number of benzene rings is 1. The number of halogens is 1. The lowest BCUT2D eigenvalue weighted by atomic mass is 10.2. The Hall–Kier alpha value is -2.17. The van der Waals surface area contributed by atoms with E-state index in [1.807, 2.05) is 6.92 Å². The lowest BCUT2D eigenvalue weighted by Crippen LogP contribution is -2.06. The molecule has 0 aliphatic rings. The van der Waals surface area contributed by atoms with E-state index < -0.39 is 0 Å². The Kier molecular flexibility index (Phi) is 4.66. The van der Waals surface area contributed by atoms with E-state index in [1.165, 1.54) is 6.07 Å². The van der Waals surface area contributed by atoms with Crippen LogP contribution in [0.2, 0.25) is 0 Å². The molecule has 0 aliphatic heterocycles. The number of hydrogen-bond donors (Lipinski definition) is 1. The van der Waals surface area contributed by atoms with E-state index >= 15 is 0 Å². The molecule has 0 bridgehead atoms. The van der Waals surface area contributed by atoms with Gasteiger partial charge in [0.2, 0.25) is 11.8 Å². The molecule has 100 valence electrons. The zero-order valence-corrected chi connectivity index (χ0v) is 10.8. The molecule has 1 aromatic carbocycles. The van der Waals surface area contributed by atoms with E-state index in [0.717, 1.165) is 6.42 Å². The topological polar surface area (TPSA) is 47.0 Å². The lowest BCUT2D eigenvalue weighted by molar-refractivity contribution is 0.305. The van der Waals surface area contributed by atoms with Gasteiger partial charge in [-0.25, -0.2) is 9.37 Å². The van der Waals surface area contributed by atoms with Gasteiger partial charge >= 0.3 is 0 Å². The quantitative estimate of drug-likeness (QED) is 0.868. The third kappa shape index (κ3) is 3.91. The smallest absolute Gasteiger partial charge is 0.226 e. The Morgan fingerprint density at radius 1 is 1.26 bits per heavy atom. The molecule has 0 aliphatic carbocycles. The highest BCUT2D eigenvalue weighted by molar-refractivity contribution is 5.30. The molecule has 5 heteroatoms. The maximum atomic E-state index is 13.4. The summed E-state index contributed by atoms with van der Waals surface area (Å²) in [7, 11) is 0. The third-order valence-electron chi connectivity index (χ3n) is 2.48. The maximum Gasteiger partial charge on any atom is 0.226 e. The molecular formula is C14H16FN3O. The molecule has 0 amide bonds. The molecule has 0 saturated heterocycles. The average molecular weight is 261 g/mol. The standard InChI is InChI=1S/C14H16FN3O/c1-2-9-19-13-7-8-16-14(18-13)17-10-11-5-3-4-6-12(11)15/h3-8H,2,9-10H2,1H3,(H,16,17,18). The number of hydrogen-bond acceptors (Lipinski definition) is 4. The largest absolute Gasteiger partial charge is 0.478 e. The minimum atomic E-state index is -0.242. The second-order valence-corrected chi connectivity index (χ2v) is 4.01. The Bertz CT molecular complexity index is 534. The van der Waals surface area contributed by atoms with Crippen LogP contribution in [-0.4, -0.2) is 16.6 Å². The zero-order chi connectivity index (χ0) is 13.5. The van der Waals surface area contributed by atoms with E-state index in [1.54, 1.807) is 30.5 Å². The van der Waals surface area contributed by atoms with Gasteiger partial charge in [-0.15, -0.1) is 0 Å². The summed E-state index contributed by atoms with van der Waals surface area (Å²) in [5.74, 6) is 0.707. The summed E-state index contributed by atoms with van der Waals surface area (Å²) in [4.78, 5) is 8.26. The first-order valence-corrected chi connectivity index (χ1v) is 6.22. The van der Waals surface area contributed by atoms with E-state index in [9.17, 15) is 4.39 Å². The molecule has 4 nitrogen and oxygen atoms in total. The molecule has 1 heterocycles. The molecule has 0 saturated carbocycles. The SMILES string of the molecule is CCCOc1ccnc(NCc2ccccc2F)n1. The number of anilines is 1. The van der Waals surface area contributed by atoms with Crippen LogP contribution in [0.15, 0.2) is 36.5 Å². The van der Waals surface area contributed by atoms with Crippen LogP contribution in [0.1, 0.15) is 18.9 Å². The van der Waals surface area contributed by atoms with Gasteiger partial charge < -0.3 is 10.1 Å².